The Labute approximate surface area is 116 Å². The average Bonchev–Trinajstić information content (AvgIpc) is 3.13. The minimum Gasteiger partial charge on any atom is -0.490 e. The van der Waals surface area contributed by atoms with Crippen molar-refractivity contribution in [2.24, 2.45) is 5.92 Å². The van der Waals surface area contributed by atoms with Crippen LogP contribution >= 0.6 is 0 Å². The Balaban J connectivity index is 1.75. The lowest BCUT2D eigenvalue weighted by Crippen LogP contribution is -2.22. The molecule has 0 radical (unpaired) electrons. The van der Waals surface area contributed by atoms with Gasteiger partial charge in [0.2, 0.25) is 0 Å². The van der Waals surface area contributed by atoms with Gasteiger partial charge in [0.05, 0.1) is 0 Å². The molecule has 1 aliphatic heterocycles. The largest absolute Gasteiger partial charge is 0.490 e. The van der Waals surface area contributed by atoms with E-state index < -0.39 is 0 Å². The summed E-state index contributed by atoms with van der Waals surface area (Å²) in [6.45, 7) is 5.50. The summed E-state index contributed by atoms with van der Waals surface area (Å²) in [6.07, 6.45) is 6.76. The Morgan fingerprint density at radius 1 is 1.37 bits per heavy atom. The van der Waals surface area contributed by atoms with Crippen LogP contribution < -0.4 is 10.1 Å². The standard InChI is InChI=1S/C17H25NO/c1-3-8-18-16(10-13-4-5-13)14-6-7-17-15(11-14)9-12(2)19-17/h6-7,11-13,16,18H,3-5,8-10H2,1-2H3. The molecule has 2 heteroatoms. The van der Waals surface area contributed by atoms with E-state index in [4.69, 9.17) is 4.74 Å². The molecular formula is C17H25NO. The highest BCUT2D eigenvalue weighted by Crippen LogP contribution is 2.39. The van der Waals surface area contributed by atoms with E-state index in [0.29, 0.717) is 12.1 Å². The Kier molecular flexibility index (Phi) is 3.79. The van der Waals surface area contributed by atoms with Crippen molar-refractivity contribution >= 4 is 0 Å². The number of rotatable bonds is 6. The number of hydrogen-bond acceptors (Lipinski definition) is 2. The summed E-state index contributed by atoms with van der Waals surface area (Å²) < 4.78 is 5.80. The summed E-state index contributed by atoms with van der Waals surface area (Å²) in [4.78, 5) is 0. The molecule has 2 atom stereocenters. The van der Waals surface area contributed by atoms with E-state index in [1.165, 1.54) is 36.8 Å². The molecule has 104 valence electrons. The van der Waals surface area contributed by atoms with Gasteiger partial charge >= 0.3 is 0 Å². The van der Waals surface area contributed by atoms with E-state index in [9.17, 15) is 0 Å². The normalized spacial score (nSPS) is 22.9. The Hall–Kier alpha value is -1.02. The molecule has 1 saturated carbocycles. The highest BCUT2D eigenvalue weighted by atomic mass is 16.5. The summed E-state index contributed by atoms with van der Waals surface area (Å²) in [5.41, 5.74) is 2.85. The van der Waals surface area contributed by atoms with E-state index in [1.807, 2.05) is 0 Å². The molecule has 1 N–H and O–H groups in total. The second kappa shape index (κ2) is 5.54. The minimum absolute atomic E-state index is 0.343. The summed E-state index contributed by atoms with van der Waals surface area (Å²) in [7, 11) is 0. The van der Waals surface area contributed by atoms with Gasteiger partial charge in [0.25, 0.3) is 0 Å². The second-order valence-electron chi connectivity index (χ2n) is 6.19. The van der Waals surface area contributed by atoms with Gasteiger partial charge in [0.15, 0.2) is 0 Å². The zero-order valence-corrected chi connectivity index (χ0v) is 12.1. The van der Waals surface area contributed by atoms with Gasteiger partial charge in [-0.1, -0.05) is 31.9 Å². The molecular weight excluding hydrogens is 234 g/mol. The molecule has 3 rings (SSSR count). The molecule has 19 heavy (non-hydrogen) atoms. The van der Waals surface area contributed by atoms with Gasteiger partial charge < -0.3 is 10.1 Å². The lowest BCUT2D eigenvalue weighted by Gasteiger charge is -2.19. The number of hydrogen-bond donors (Lipinski definition) is 1. The molecule has 2 nitrogen and oxygen atoms in total. The van der Waals surface area contributed by atoms with Crippen LogP contribution in [-0.4, -0.2) is 12.6 Å². The summed E-state index contributed by atoms with van der Waals surface area (Å²) in [5.74, 6) is 2.05. The smallest absolute Gasteiger partial charge is 0.123 e. The molecule has 1 aromatic rings. The van der Waals surface area contributed by atoms with Crippen molar-refractivity contribution in [3.63, 3.8) is 0 Å². The van der Waals surface area contributed by atoms with Crippen LogP contribution in [0.2, 0.25) is 0 Å². The first-order valence-electron chi connectivity index (χ1n) is 7.79. The third-order valence-electron chi connectivity index (χ3n) is 4.23. The quantitative estimate of drug-likeness (QED) is 0.838. The number of fused-ring (bicyclic) bond motifs is 1. The van der Waals surface area contributed by atoms with Crippen LogP contribution in [0.4, 0.5) is 0 Å². The lowest BCUT2D eigenvalue weighted by molar-refractivity contribution is 0.254. The first kappa shape index (κ1) is 13.0. The van der Waals surface area contributed by atoms with Crippen molar-refractivity contribution in [2.45, 2.75) is 58.1 Å². The van der Waals surface area contributed by atoms with Gasteiger partial charge in [-0.15, -0.1) is 0 Å². The van der Waals surface area contributed by atoms with E-state index in [-0.39, 0.29) is 0 Å². The van der Waals surface area contributed by atoms with Crippen LogP contribution in [0.25, 0.3) is 0 Å². The topological polar surface area (TPSA) is 21.3 Å². The molecule has 1 aliphatic carbocycles. The molecule has 0 bridgehead atoms. The fourth-order valence-corrected chi connectivity index (χ4v) is 3.00. The molecule has 1 heterocycles. The van der Waals surface area contributed by atoms with Crippen LogP contribution in [0.15, 0.2) is 18.2 Å². The summed E-state index contributed by atoms with van der Waals surface area (Å²) in [6, 6.07) is 7.33. The van der Waals surface area contributed by atoms with Crippen LogP contribution in [-0.2, 0) is 6.42 Å². The summed E-state index contributed by atoms with van der Waals surface area (Å²) in [5, 5.41) is 3.72. The Morgan fingerprint density at radius 3 is 2.95 bits per heavy atom. The van der Waals surface area contributed by atoms with Gasteiger partial charge in [-0.25, -0.2) is 0 Å². The third-order valence-corrected chi connectivity index (χ3v) is 4.23. The maximum Gasteiger partial charge on any atom is 0.123 e. The van der Waals surface area contributed by atoms with Gasteiger partial charge in [-0.05, 0) is 49.4 Å². The predicted molar refractivity (Wildman–Crippen MR) is 78.6 cm³/mol. The van der Waals surface area contributed by atoms with E-state index in [1.54, 1.807) is 0 Å². The molecule has 0 aromatic heterocycles. The van der Waals surface area contributed by atoms with Crippen LogP contribution in [0.1, 0.15) is 56.7 Å². The van der Waals surface area contributed by atoms with Gasteiger partial charge in [-0.3, -0.25) is 0 Å². The average molecular weight is 259 g/mol. The van der Waals surface area contributed by atoms with E-state index >= 15 is 0 Å². The number of ether oxygens (including phenoxy) is 1. The van der Waals surface area contributed by atoms with Gasteiger partial charge in [-0.2, -0.15) is 0 Å². The monoisotopic (exact) mass is 259 g/mol. The maximum atomic E-state index is 5.80. The fourth-order valence-electron chi connectivity index (χ4n) is 3.00. The highest BCUT2D eigenvalue weighted by Gasteiger charge is 2.27. The van der Waals surface area contributed by atoms with Crippen molar-refractivity contribution in [3.05, 3.63) is 29.3 Å². The van der Waals surface area contributed by atoms with E-state index in [2.05, 4.69) is 37.4 Å². The lowest BCUT2D eigenvalue weighted by atomic mass is 9.97. The van der Waals surface area contributed by atoms with Crippen molar-refractivity contribution in [2.75, 3.05) is 6.54 Å². The number of benzene rings is 1. The van der Waals surface area contributed by atoms with Gasteiger partial charge in [0.1, 0.15) is 11.9 Å². The maximum absolute atomic E-state index is 5.80. The first-order chi connectivity index (χ1) is 9.26. The third kappa shape index (κ3) is 3.11. The first-order valence-corrected chi connectivity index (χ1v) is 7.79. The Bertz CT molecular complexity index is 439. The zero-order valence-electron chi connectivity index (χ0n) is 12.1. The van der Waals surface area contributed by atoms with Crippen molar-refractivity contribution in [3.8, 4) is 5.75 Å². The predicted octanol–water partition coefficient (Wildman–Crippen LogP) is 3.85. The zero-order chi connectivity index (χ0) is 13.2. The molecule has 0 amide bonds. The molecule has 1 fully saturated rings. The fraction of sp³-hybridized carbons (Fsp3) is 0.647. The van der Waals surface area contributed by atoms with E-state index in [0.717, 1.165) is 24.6 Å². The highest BCUT2D eigenvalue weighted by molar-refractivity contribution is 5.41. The molecule has 0 saturated heterocycles. The number of nitrogens with one attached hydrogen (secondary N) is 1. The SMILES string of the molecule is CCCNC(CC1CC1)c1ccc2c(c1)CC(C)O2. The Morgan fingerprint density at radius 2 is 2.21 bits per heavy atom. The second-order valence-corrected chi connectivity index (χ2v) is 6.19. The molecule has 1 aromatic carbocycles. The minimum atomic E-state index is 0.343. The van der Waals surface area contributed by atoms with Crippen molar-refractivity contribution in [1.29, 1.82) is 0 Å². The van der Waals surface area contributed by atoms with Crippen LogP contribution in [0, 0.1) is 5.92 Å². The van der Waals surface area contributed by atoms with Crippen molar-refractivity contribution < 1.29 is 4.74 Å². The van der Waals surface area contributed by atoms with Gasteiger partial charge in [0, 0.05) is 12.5 Å². The van der Waals surface area contributed by atoms with Crippen LogP contribution in [0.5, 0.6) is 5.75 Å². The molecule has 2 aliphatic rings. The molecule has 0 spiro atoms. The summed E-state index contributed by atoms with van der Waals surface area (Å²) >= 11 is 0. The molecule has 2 unspecified atom stereocenters. The van der Waals surface area contributed by atoms with Crippen LogP contribution in [0.3, 0.4) is 0 Å². The van der Waals surface area contributed by atoms with Crippen molar-refractivity contribution in [1.82, 2.24) is 5.32 Å².